The van der Waals surface area contributed by atoms with Gasteiger partial charge in [0.25, 0.3) is 11.8 Å². The van der Waals surface area contributed by atoms with Crippen LogP contribution in [-0.4, -0.2) is 24.4 Å². The summed E-state index contributed by atoms with van der Waals surface area (Å²) in [6, 6.07) is 19.5. The lowest BCUT2D eigenvalue weighted by Gasteiger charge is -2.11. The number of hydrogen-bond donors (Lipinski definition) is 2. The zero-order chi connectivity index (χ0) is 19.8. The molecule has 2 amide bonds. The van der Waals surface area contributed by atoms with Crippen molar-refractivity contribution in [2.75, 3.05) is 11.9 Å². The van der Waals surface area contributed by atoms with E-state index in [1.807, 2.05) is 30.3 Å². The van der Waals surface area contributed by atoms with Gasteiger partial charge in [-0.3, -0.25) is 9.59 Å². The predicted octanol–water partition coefficient (Wildman–Crippen LogP) is 3.47. The first-order valence-electron chi connectivity index (χ1n) is 8.55. The maximum Gasteiger partial charge on any atom is 0.348 e. The fourth-order valence-electron chi connectivity index (χ4n) is 2.45. The summed E-state index contributed by atoms with van der Waals surface area (Å²) >= 11 is 1.24. The van der Waals surface area contributed by atoms with Gasteiger partial charge in [0.1, 0.15) is 4.88 Å². The van der Waals surface area contributed by atoms with Crippen LogP contribution in [0.25, 0.3) is 0 Å². The standard InChI is InChI=1S/C21H18N2O4S/c24-19(14-27-21(26)18-11-6-12-28-18)23-17-10-5-4-9-16(17)20(25)22-13-15-7-2-1-3-8-15/h1-12H,13-14H2,(H,22,25)(H,23,24). The van der Waals surface area contributed by atoms with Crippen molar-refractivity contribution in [2.45, 2.75) is 6.54 Å². The van der Waals surface area contributed by atoms with E-state index >= 15 is 0 Å². The largest absolute Gasteiger partial charge is 0.451 e. The number of benzene rings is 2. The van der Waals surface area contributed by atoms with Crippen LogP contribution in [0.2, 0.25) is 0 Å². The van der Waals surface area contributed by atoms with Crippen LogP contribution in [0, 0.1) is 0 Å². The summed E-state index contributed by atoms with van der Waals surface area (Å²) in [4.78, 5) is 36.8. The molecule has 0 saturated carbocycles. The van der Waals surface area contributed by atoms with E-state index in [4.69, 9.17) is 4.74 Å². The number of para-hydroxylation sites is 1. The molecule has 0 fully saturated rings. The molecule has 142 valence electrons. The van der Waals surface area contributed by atoms with Gasteiger partial charge in [-0.25, -0.2) is 4.79 Å². The van der Waals surface area contributed by atoms with Crippen LogP contribution in [0.15, 0.2) is 72.1 Å². The SMILES string of the molecule is O=C(COC(=O)c1cccs1)Nc1ccccc1C(=O)NCc1ccccc1. The normalized spacial score (nSPS) is 10.1. The van der Waals surface area contributed by atoms with Gasteiger partial charge < -0.3 is 15.4 Å². The van der Waals surface area contributed by atoms with Gasteiger partial charge in [0.2, 0.25) is 0 Å². The van der Waals surface area contributed by atoms with Crippen molar-refractivity contribution >= 4 is 34.8 Å². The highest BCUT2D eigenvalue weighted by Gasteiger charge is 2.15. The molecule has 0 unspecified atom stereocenters. The van der Waals surface area contributed by atoms with E-state index in [2.05, 4.69) is 10.6 Å². The molecule has 2 N–H and O–H groups in total. The summed E-state index contributed by atoms with van der Waals surface area (Å²) in [7, 11) is 0. The second-order valence-electron chi connectivity index (χ2n) is 5.82. The minimum atomic E-state index is -0.556. The van der Waals surface area contributed by atoms with Gasteiger partial charge >= 0.3 is 5.97 Å². The van der Waals surface area contributed by atoms with Crippen LogP contribution in [-0.2, 0) is 16.1 Å². The van der Waals surface area contributed by atoms with Crippen LogP contribution in [0.4, 0.5) is 5.69 Å². The van der Waals surface area contributed by atoms with E-state index in [9.17, 15) is 14.4 Å². The van der Waals surface area contributed by atoms with E-state index < -0.39 is 18.5 Å². The minimum Gasteiger partial charge on any atom is -0.451 e. The van der Waals surface area contributed by atoms with Crippen molar-refractivity contribution < 1.29 is 19.1 Å². The van der Waals surface area contributed by atoms with Gasteiger partial charge in [-0.1, -0.05) is 48.5 Å². The van der Waals surface area contributed by atoms with E-state index in [0.29, 0.717) is 22.7 Å². The van der Waals surface area contributed by atoms with Gasteiger partial charge in [0, 0.05) is 6.54 Å². The Labute approximate surface area is 166 Å². The second kappa shape index (κ2) is 9.48. The number of nitrogens with one attached hydrogen (secondary N) is 2. The lowest BCUT2D eigenvalue weighted by molar-refractivity contribution is -0.119. The number of ether oxygens (including phenoxy) is 1. The Bertz CT molecular complexity index is 956. The number of carbonyl (C=O) groups excluding carboxylic acids is 3. The second-order valence-corrected chi connectivity index (χ2v) is 6.76. The summed E-state index contributed by atoms with van der Waals surface area (Å²) in [5.74, 6) is -1.39. The highest BCUT2D eigenvalue weighted by atomic mass is 32.1. The Morgan fingerprint density at radius 3 is 2.39 bits per heavy atom. The van der Waals surface area contributed by atoms with Gasteiger partial charge in [-0.2, -0.15) is 0 Å². The molecule has 2 aromatic carbocycles. The highest BCUT2D eigenvalue weighted by molar-refractivity contribution is 7.11. The predicted molar refractivity (Wildman–Crippen MR) is 107 cm³/mol. The summed E-state index contributed by atoms with van der Waals surface area (Å²) in [5, 5.41) is 7.19. The highest BCUT2D eigenvalue weighted by Crippen LogP contribution is 2.15. The molecule has 0 radical (unpaired) electrons. The fraction of sp³-hybridized carbons (Fsp3) is 0.0952. The molecule has 28 heavy (non-hydrogen) atoms. The van der Waals surface area contributed by atoms with Gasteiger partial charge in [0.15, 0.2) is 6.61 Å². The van der Waals surface area contributed by atoms with Crippen molar-refractivity contribution in [2.24, 2.45) is 0 Å². The molecule has 0 aliphatic rings. The number of amides is 2. The molecule has 0 aliphatic heterocycles. The number of rotatable bonds is 7. The van der Waals surface area contributed by atoms with E-state index in [-0.39, 0.29) is 5.91 Å². The third kappa shape index (κ3) is 5.28. The minimum absolute atomic E-state index is 0.310. The molecule has 7 heteroatoms. The number of anilines is 1. The average molecular weight is 394 g/mol. The van der Waals surface area contributed by atoms with Crippen LogP contribution < -0.4 is 10.6 Å². The summed E-state index contributed by atoms with van der Waals surface area (Å²) in [5.41, 5.74) is 1.65. The van der Waals surface area contributed by atoms with E-state index in [1.54, 1.807) is 41.8 Å². The zero-order valence-corrected chi connectivity index (χ0v) is 15.7. The quantitative estimate of drug-likeness (QED) is 0.601. The van der Waals surface area contributed by atoms with Crippen molar-refractivity contribution in [3.05, 3.63) is 88.1 Å². The Morgan fingerprint density at radius 2 is 1.64 bits per heavy atom. The maximum atomic E-state index is 12.5. The lowest BCUT2D eigenvalue weighted by atomic mass is 10.1. The smallest absolute Gasteiger partial charge is 0.348 e. The Kier molecular flexibility index (Phi) is 6.54. The summed E-state index contributed by atoms with van der Waals surface area (Å²) < 4.78 is 4.98. The Morgan fingerprint density at radius 1 is 0.893 bits per heavy atom. The molecule has 0 aliphatic carbocycles. The molecule has 6 nitrogen and oxygen atoms in total. The number of hydrogen-bond acceptors (Lipinski definition) is 5. The first-order chi connectivity index (χ1) is 13.6. The van der Waals surface area contributed by atoms with Gasteiger partial charge in [-0.15, -0.1) is 11.3 Å². The van der Waals surface area contributed by atoms with Crippen LogP contribution >= 0.6 is 11.3 Å². The lowest BCUT2D eigenvalue weighted by Crippen LogP contribution is -2.26. The Balaban J connectivity index is 1.57. The maximum absolute atomic E-state index is 12.5. The molecule has 0 bridgehead atoms. The molecular weight excluding hydrogens is 376 g/mol. The molecule has 1 heterocycles. The zero-order valence-electron chi connectivity index (χ0n) is 14.9. The fourth-order valence-corrected chi connectivity index (χ4v) is 3.06. The molecule has 0 saturated heterocycles. The van der Waals surface area contributed by atoms with Crippen molar-refractivity contribution in [1.82, 2.24) is 5.32 Å². The number of esters is 1. The topological polar surface area (TPSA) is 84.5 Å². The van der Waals surface area contributed by atoms with Crippen LogP contribution in [0.5, 0.6) is 0 Å². The molecular formula is C21H18N2O4S. The van der Waals surface area contributed by atoms with E-state index in [0.717, 1.165) is 5.56 Å². The molecule has 3 rings (SSSR count). The van der Waals surface area contributed by atoms with E-state index in [1.165, 1.54) is 11.3 Å². The molecule has 0 spiro atoms. The number of carbonyl (C=O) groups is 3. The third-order valence-corrected chi connectivity index (χ3v) is 4.65. The third-order valence-electron chi connectivity index (χ3n) is 3.80. The molecule has 1 aromatic heterocycles. The van der Waals surface area contributed by atoms with Crippen molar-refractivity contribution in [1.29, 1.82) is 0 Å². The average Bonchev–Trinajstić information content (AvgIpc) is 3.26. The van der Waals surface area contributed by atoms with Gasteiger partial charge in [0.05, 0.1) is 11.3 Å². The van der Waals surface area contributed by atoms with Crippen molar-refractivity contribution in [3.63, 3.8) is 0 Å². The first-order valence-corrected chi connectivity index (χ1v) is 9.43. The van der Waals surface area contributed by atoms with Crippen molar-refractivity contribution in [3.8, 4) is 0 Å². The van der Waals surface area contributed by atoms with Crippen LogP contribution in [0.3, 0.4) is 0 Å². The monoisotopic (exact) mass is 394 g/mol. The number of thiophene rings is 1. The van der Waals surface area contributed by atoms with Gasteiger partial charge in [-0.05, 0) is 29.1 Å². The first kappa shape index (κ1) is 19.3. The Hall–Kier alpha value is -3.45. The van der Waals surface area contributed by atoms with Crippen LogP contribution in [0.1, 0.15) is 25.6 Å². The summed E-state index contributed by atoms with van der Waals surface area (Å²) in [6.45, 7) is -0.0584. The molecule has 0 atom stereocenters. The molecule has 3 aromatic rings. The summed E-state index contributed by atoms with van der Waals surface area (Å²) in [6.07, 6.45) is 0.